The molecule has 1 aliphatic heterocycles. The molecular weight excluding hydrogens is 255 g/mol. The van der Waals surface area contributed by atoms with E-state index in [1.54, 1.807) is 18.3 Å². The Morgan fingerprint density at radius 3 is 2.80 bits per heavy atom. The van der Waals surface area contributed by atoms with Crippen LogP contribution in [0.1, 0.15) is 30.1 Å². The summed E-state index contributed by atoms with van der Waals surface area (Å²) in [6.45, 7) is 3.80. The van der Waals surface area contributed by atoms with E-state index in [0.717, 1.165) is 25.9 Å². The zero-order chi connectivity index (χ0) is 14.1. The molecule has 1 aromatic carbocycles. The Bertz CT molecular complexity index is 648. The smallest absolute Gasteiger partial charge is 0.255 e. The van der Waals surface area contributed by atoms with E-state index < -0.39 is 0 Å². The fraction of sp³-hybridized carbons (Fsp3) is 0.375. The molecular formula is C16H17FN2O. The van der Waals surface area contributed by atoms with Crippen LogP contribution in [0.3, 0.4) is 0 Å². The molecule has 1 amide bonds. The quantitative estimate of drug-likeness (QED) is 0.798. The first kappa shape index (κ1) is 13.0. The predicted molar refractivity (Wildman–Crippen MR) is 76.0 cm³/mol. The van der Waals surface area contributed by atoms with Gasteiger partial charge in [0.1, 0.15) is 5.82 Å². The van der Waals surface area contributed by atoms with E-state index in [9.17, 15) is 9.18 Å². The van der Waals surface area contributed by atoms with Crippen molar-refractivity contribution >= 4 is 16.8 Å². The lowest BCUT2D eigenvalue weighted by atomic mass is 9.98. The van der Waals surface area contributed by atoms with Gasteiger partial charge < -0.3 is 4.90 Å². The number of hydrogen-bond acceptors (Lipinski definition) is 2. The topological polar surface area (TPSA) is 33.2 Å². The monoisotopic (exact) mass is 272 g/mol. The third-order valence-electron chi connectivity index (χ3n) is 3.96. The minimum atomic E-state index is -0.310. The van der Waals surface area contributed by atoms with E-state index in [1.165, 1.54) is 12.1 Å². The summed E-state index contributed by atoms with van der Waals surface area (Å²) < 4.78 is 13.2. The Labute approximate surface area is 117 Å². The number of pyridine rings is 1. The summed E-state index contributed by atoms with van der Waals surface area (Å²) in [5, 5.41) is 0.668. The Morgan fingerprint density at radius 1 is 1.30 bits per heavy atom. The number of nitrogens with zero attached hydrogens (tertiary/aromatic N) is 2. The van der Waals surface area contributed by atoms with Crippen molar-refractivity contribution in [3.63, 3.8) is 0 Å². The lowest BCUT2D eigenvalue weighted by Crippen LogP contribution is -2.37. The first-order chi connectivity index (χ1) is 9.63. The Morgan fingerprint density at radius 2 is 2.05 bits per heavy atom. The molecule has 104 valence electrons. The van der Waals surface area contributed by atoms with Gasteiger partial charge in [-0.1, -0.05) is 6.92 Å². The molecule has 2 aromatic rings. The van der Waals surface area contributed by atoms with Crippen LogP contribution in [0, 0.1) is 11.7 Å². The zero-order valence-corrected chi connectivity index (χ0v) is 11.5. The number of benzene rings is 1. The van der Waals surface area contributed by atoms with E-state index in [1.807, 2.05) is 4.90 Å². The SMILES string of the molecule is CC1CCN(C(=O)c2cnc3ccc(F)cc3c2)CC1. The van der Waals surface area contributed by atoms with Crippen molar-refractivity contribution in [2.24, 2.45) is 5.92 Å². The van der Waals surface area contributed by atoms with Crippen molar-refractivity contribution in [3.8, 4) is 0 Å². The maximum Gasteiger partial charge on any atom is 0.255 e. The van der Waals surface area contributed by atoms with Crippen LogP contribution in [0.25, 0.3) is 10.9 Å². The maximum atomic E-state index is 13.2. The number of carbonyl (C=O) groups is 1. The third kappa shape index (κ3) is 2.50. The summed E-state index contributed by atoms with van der Waals surface area (Å²) in [5.74, 6) is 0.370. The number of likely N-dealkylation sites (tertiary alicyclic amines) is 1. The van der Waals surface area contributed by atoms with Gasteiger partial charge in [-0.3, -0.25) is 9.78 Å². The summed E-state index contributed by atoms with van der Waals surface area (Å²) in [7, 11) is 0. The number of fused-ring (bicyclic) bond motifs is 1. The van der Waals surface area contributed by atoms with Crippen molar-refractivity contribution < 1.29 is 9.18 Å². The zero-order valence-electron chi connectivity index (χ0n) is 11.5. The van der Waals surface area contributed by atoms with Crippen LogP contribution in [0.5, 0.6) is 0 Å². The normalized spacial score (nSPS) is 16.6. The van der Waals surface area contributed by atoms with Gasteiger partial charge in [0, 0.05) is 24.7 Å². The standard InChI is InChI=1S/C16H17FN2O/c1-11-4-6-19(7-5-11)16(20)13-8-12-9-14(17)2-3-15(12)18-10-13/h2-3,8-11H,4-7H2,1H3. The fourth-order valence-corrected chi connectivity index (χ4v) is 2.61. The first-order valence-corrected chi connectivity index (χ1v) is 6.98. The fourth-order valence-electron chi connectivity index (χ4n) is 2.61. The van der Waals surface area contributed by atoms with Crippen LogP contribution in [0.4, 0.5) is 4.39 Å². The van der Waals surface area contributed by atoms with Gasteiger partial charge in [0.25, 0.3) is 5.91 Å². The lowest BCUT2D eigenvalue weighted by Gasteiger charge is -2.30. The maximum absolute atomic E-state index is 13.2. The van der Waals surface area contributed by atoms with E-state index in [0.29, 0.717) is 22.4 Å². The van der Waals surface area contributed by atoms with Crippen molar-refractivity contribution in [1.82, 2.24) is 9.88 Å². The molecule has 1 aliphatic rings. The van der Waals surface area contributed by atoms with Gasteiger partial charge in [0.05, 0.1) is 11.1 Å². The summed E-state index contributed by atoms with van der Waals surface area (Å²) in [4.78, 5) is 18.5. The molecule has 1 saturated heterocycles. The highest BCUT2D eigenvalue weighted by atomic mass is 19.1. The summed E-state index contributed by atoms with van der Waals surface area (Å²) in [6, 6.07) is 6.15. The highest BCUT2D eigenvalue weighted by molar-refractivity contribution is 5.97. The number of piperidine rings is 1. The van der Waals surface area contributed by atoms with Gasteiger partial charge in [-0.05, 0) is 43.0 Å². The Hall–Kier alpha value is -1.97. The summed E-state index contributed by atoms with van der Waals surface area (Å²) >= 11 is 0. The predicted octanol–water partition coefficient (Wildman–Crippen LogP) is 3.25. The van der Waals surface area contributed by atoms with E-state index in [4.69, 9.17) is 0 Å². The highest BCUT2D eigenvalue weighted by Crippen LogP contribution is 2.20. The van der Waals surface area contributed by atoms with Crippen molar-refractivity contribution in [3.05, 3.63) is 41.8 Å². The van der Waals surface area contributed by atoms with Crippen LogP contribution in [0.2, 0.25) is 0 Å². The number of rotatable bonds is 1. The molecule has 0 N–H and O–H groups in total. The van der Waals surface area contributed by atoms with E-state index in [-0.39, 0.29) is 11.7 Å². The molecule has 0 radical (unpaired) electrons. The van der Waals surface area contributed by atoms with Gasteiger partial charge in [-0.25, -0.2) is 4.39 Å². The molecule has 3 rings (SSSR count). The van der Waals surface area contributed by atoms with Gasteiger partial charge in [0.2, 0.25) is 0 Å². The third-order valence-corrected chi connectivity index (χ3v) is 3.96. The number of carbonyl (C=O) groups excluding carboxylic acids is 1. The average Bonchev–Trinajstić information content (AvgIpc) is 2.46. The van der Waals surface area contributed by atoms with Gasteiger partial charge in [-0.15, -0.1) is 0 Å². The highest BCUT2D eigenvalue weighted by Gasteiger charge is 2.21. The molecule has 3 nitrogen and oxygen atoms in total. The molecule has 4 heteroatoms. The molecule has 0 aliphatic carbocycles. The number of halogens is 1. The molecule has 0 spiro atoms. The number of hydrogen-bond donors (Lipinski definition) is 0. The molecule has 2 heterocycles. The number of aromatic nitrogens is 1. The van der Waals surface area contributed by atoms with Crippen LogP contribution in [-0.2, 0) is 0 Å². The largest absolute Gasteiger partial charge is 0.339 e. The summed E-state index contributed by atoms with van der Waals surface area (Å²) in [5.41, 5.74) is 1.24. The van der Waals surface area contributed by atoms with E-state index in [2.05, 4.69) is 11.9 Å². The van der Waals surface area contributed by atoms with Crippen molar-refractivity contribution in [2.45, 2.75) is 19.8 Å². The average molecular weight is 272 g/mol. The molecule has 1 fully saturated rings. The molecule has 0 saturated carbocycles. The molecule has 0 atom stereocenters. The second-order valence-corrected chi connectivity index (χ2v) is 5.54. The minimum absolute atomic E-state index is 0.00411. The van der Waals surface area contributed by atoms with Crippen LogP contribution in [0.15, 0.2) is 30.5 Å². The van der Waals surface area contributed by atoms with Gasteiger partial charge in [0.15, 0.2) is 0 Å². The van der Waals surface area contributed by atoms with E-state index >= 15 is 0 Å². The van der Waals surface area contributed by atoms with Crippen LogP contribution < -0.4 is 0 Å². The number of amides is 1. The first-order valence-electron chi connectivity index (χ1n) is 6.98. The molecule has 20 heavy (non-hydrogen) atoms. The second kappa shape index (κ2) is 5.19. The second-order valence-electron chi connectivity index (χ2n) is 5.54. The molecule has 0 bridgehead atoms. The molecule has 1 aromatic heterocycles. The minimum Gasteiger partial charge on any atom is -0.339 e. The van der Waals surface area contributed by atoms with Crippen molar-refractivity contribution in [1.29, 1.82) is 0 Å². The van der Waals surface area contributed by atoms with Crippen LogP contribution >= 0.6 is 0 Å². The summed E-state index contributed by atoms with van der Waals surface area (Å²) in [6.07, 6.45) is 3.67. The lowest BCUT2D eigenvalue weighted by molar-refractivity contribution is 0.0697. The Balaban J connectivity index is 1.87. The Kier molecular flexibility index (Phi) is 3.38. The van der Waals surface area contributed by atoms with Gasteiger partial charge >= 0.3 is 0 Å². The van der Waals surface area contributed by atoms with Crippen molar-refractivity contribution in [2.75, 3.05) is 13.1 Å². The van der Waals surface area contributed by atoms with Crippen LogP contribution in [-0.4, -0.2) is 28.9 Å². The van der Waals surface area contributed by atoms with Gasteiger partial charge in [-0.2, -0.15) is 0 Å². The molecule has 0 unspecified atom stereocenters.